The van der Waals surface area contributed by atoms with Gasteiger partial charge in [0.05, 0.1) is 0 Å². The average Bonchev–Trinajstić information content (AvgIpc) is 2.01. The van der Waals surface area contributed by atoms with Crippen LogP contribution in [0.3, 0.4) is 0 Å². The molecule has 1 aromatic carbocycles. The van der Waals surface area contributed by atoms with E-state index in [1.54, 1.807) is 0 Å². The maximum Gasteiger partial charge on any atom is 0.0175 e. The van der Waals surface area contributed by atoms with Crippen LogP contribution in [0.2, 0.25) is 0 Å². The highest BCUT2D eigenvalue weighted by molar-refractivity contribution is 9.10. The maximum atomic E-state index is 3.44. The molecule has 1 fully saturated rings. The molecular weight excluding hydrogens is 214 g/mol. The highest BCUT2D eigenvalue weighted by Crippen LogP contribution is 2.26. The summed E-state index contributed by atoms with van der Waals surface area (Å²) in [6, 6.07) is 8.66. The molecule has 12 heavy (non-hydrogen) atoms. The van der Waals surface area contributed by atoms with Gasteiger partial charge in [-0.3, -0.25) is 0 Å². The first-order chi connectivity index (χ1) is 5.75. The molecule has 0 atom stereocenters. The Morgan fingerprint density at radius 1 is 1.25 bits per heavy atom. The molecule has 2 heteroatoms. The van der Waals surface area contributed by atoms with E-state index in [1.807, 2.05) is 0 Å². The summed E-state index contributed by atoms with van der Waals surface area (Å²) >= 11 is 3.44. The molecule has 0 unspecified atom stereocenters. The summed E-state index contributed by atoms with van der Waals surface area (Å²) in [5.41, 5.74) is 1.47. The molecule has 0 spiro atoms. The summed E-state index contributed by atoms with van der Waals surface area (Å²) in [5.74, 6) is 0.767. The van der Waals surface area contributed by atoms with Gasteiger partial charge in [0.1, 0.15) is 0 Å². The zero-order chi connectivity index (χ0) is 8.55. The molecule has 0 saturated carbocycles. The lowest BCUT2D eigenvalue weighted by Crippen LogP contribution is -2.41. The Kier molecular flexibility index (Phi) is 2.20. The Bertz CT molecular complexity index is 262. The minimum absolute atomic E-state index is 0.767. The monoisotopic (exact) mass is 225 g/mol. The van der Waals surface area contributed by atoms with Crippen LogP contribution in [0.25, 0.3) is 0 Å². The van der Waals surface area contributed by atoms with E-state index in [0.717, 1.165) is 5.92 Å². The molecule has 1 saturated heterocycles. The molecule has 1 aromatic rings. The summed E-state index contributed by atoms with van der Waals surface area (Å²) < 4.78 is 1.17. The zero-order valence-corrected chi connectivity index (χ0v) is 8.71. The van der Waals surface area contributed by atoms with Crippen LogP contribution in [0.15, 0.2) is 28.7 Å². The van der Waals surface area contributed by atoms with Crippen molar-refractivity contribution in [2.45, 2.75) is 5.92 Å². The largest absolute Gasteiger partial charge is 0.305 e. The number of likely N-dealkylation sites (N-methyl/N-ethyl adjacent to an activating group) is 1. The predicted molar refractivity (Wildman–Crippen MR) is 54.4 cm³/mol. The van der Waals surface area contributed by atoms with Crippen molar-refractivity contribution in [2.75, 3.05) is 20.1 Å². The Morgan fingerprint density at radius 2 is 1.83 bits per heavy atom. The molecule has 1 aliphatic heterocycles. The summed E-state index contributed by atoms with van der Waals surface area (Å²) in [5, 5.41) is 0. The minimum Gasteiger partial charge on any atom is -0.305 e. The standard InChI is InChI=1S/C10H12BrN/c1-12-6-9(7-12)8-2-4-10(11)5-3-8/h2-5,9H,6-7H2,1H3. The summed E-state index contributed by atoms with van der Waals surface area (Å²) in [4.78, 5) is 2.34. The van der Waals surface area contributed by atoms with Gasteiger partial charge in [-0.1, -0.05) is 28.1 Å². The lowest BCUT2D eigenvalue weighted by atomic mass is 9.92. The summed E-state index contributed by atoms with van der Waals surface area (Å²) in [6.07, 6.45) is 0. The van der Waals surface area contributed by atoms with Crippen molar-refractivity contribution in [1.82, 2.24) is 4.90 Å². The Balaban J connectivity index is 2.09. The van der Waals surface area contributed by atoms with Crippen molar-refractivity contribution < 1.29 is 0 Å². The average molecular weight is 226 g/mol. The molecule has 64 valence electrons. The summed E-state index contributed by atoms with van der Waals surface area (Å²) in [7, 11) is 2.16. The van der Waals surface area contributed by atoms with E-state index in [0.29, 0.717) is 0 Å². The summed E-state index contributed by atoms with van der Waals surface area (Å²) in [6.45, 7) is 2.42. The third kappa shape index (κ3) is 1.54. The molecule has 1 aliphatic rings. The third-order valence-corrected chi connectivity index (χ3v) is 2.93. The van der Waals surface area contributed by atoms with Crippen molar-refractivity contribution >= 4 is 15.9 Å². The Hall–Kier alpha value is -0.340. The van der Waals surface area contributed by atoms with Crippen LogP contribution in [0.4, 0.5) is 0 Å². The van der Waals surface area contributed by atoms with Crippen LogP contribution in [0.1, 0.15) is 11.5 Å². The van der Waals surface area contributed by atoms with E-state index in [1.165, 1.54) is 23.1 Å². The number of benzene rings is 1. The lowest BCUT2D eigenvalue weighted by molar-refractivity contribution is 0.190. The molecule has 0 amide bonds. The molecule has 0 bridgehead atoms. The quantitative estimate of drug-likeness (QED) is 0.711. The van der Waals surface area contributed by atoms with Gasteiger partial charge in [0.2, 0.25) is 0 Å². The first kappa shape index (κ1) is 8.27. The second-order valence-corrected chi connectivity index (χ2v) is 4.39. The second kappa shape index (κ2) is 3.19. The van der Waals surface area contributed by atoms with E-state index in [-0.39, 0.29) is 0 Å². The van der Waals surface area contributed by atoms with Gasteiger partial charge in [-0.05, 0) is 24.7 Å². The van der Waals surface area contributed by atoms with Crippen LogP contribution in [-0.4, -0.2) is 25.0 Å². The van der Waals surface area contributed by atoms with E-state index < -0.39 is 0 Å². The molecule has 0 aromatic heterocycles. The van der Waals surface area contributed by atoms with Gasteiger partial charge >= 0.3 is 0 Å². The molecule has 0 radical (unpaired) electrons. The van der Waals surface area contributed by atoms with Crippen LogP contribution in [0, 0.1) is 0 Å². The van der Waals surface area contributed by atoms with Gasteiger partial charge in [-0.2, -0.15) is 0 Å². The number of halogens is 1. The fourth-order valence-corrected chi connectivity index (χ4v) is 1.91. The van der Waals surface area contributed by atoms with Gasteiger partial charge in [-0.15, -0.1) is 0 Å². The Labute approximate surface area is 81.5 Å². The van der Waals surface area contributed by atoms with Crippen LogP contribution in [0.5, 0.6) is 0 Å². The highest BCUT2D eigenvalue weighted by Gasteiger charge is 2.24. The van der Waals surface area contributed by atoms with E-state index >= 15 is 0 Å². The fourth-order valence-electron chi connectivity index (χ4n) is 1.64. The molecule has 0 aliphatic carbocycles. The number of likely N-dealkylation sites (tertiary alicyclic amines) is 1. The fraction of sp³-hybridized carbons (Fsp3) is 0.400. The minimum atomic E-state index is 0.767. The van der Waals surface area contributed by atoms with Gasteiger partial charge < -0.3 is 4.90 Å². The van der Waals surface area contributed by atoms with E-state index in [4.69, 9.17) is 0 Å². The zero-order valence-electron chi connectivity index (χ0n) is 7.13. The van der Waals surface area contributed by atoms with Crippen molar-refractivity contribution in [2.24, 2.45) is 0 Å². The van der Waals surface area contributed by atoms with Crippen LogP contribution < -0.4 is 0 Å². The molecule has 1 nitrogen and oxygen atoms in total. The number of hydrogen-bond donors (Lipinski definition) is 0. The first-order valence-corrected chi connectivity index (χ1v) is 4.99. The second-order valence-electron chi connectivity index (χ2n) is 3.47. The molecule has 1 heterocycles. The molecule has 0 N–H and O–H groups in total. The number of hydrogen-bond acceptors (Lipinski definition) is 1. The third-order valence-electron chi connectivity index (χ3n) is 2.41. The van der Waals surface area contributed by atoms with Crippen LogP contribution in [-0.2, 0) is 0 Å². The van der Waals surface area contributed by atoms with Gasteiger partial charge in [0.15, 0.2) is 0 Å². The van der Waals surface area contributed by atoms with E-state index in [9.17, 15) is 0 Å². The molecule has 2 rings (SSSR count). The Morgan fingerprint density at radius 3 is 2.33 bits per heavy atom. The van der Waals surface area contributed by atoms with E-state index in [2.05, 4.69) is 52.1 Å². The smallest absolute Gasteiger partial charge is 0.0175 e. The van der Waals surface area contributed by atoms with Gasteiger partial charge in [0, 0.05) is 23.5 Å². The van der Waals surface area contributed by atoms with Crippen molar-refractivity contribution in [1.29, 1.82) is 0 Å². The van der Waals surface area contributed by atoms with Crippen molar-refractivity contribution in [3.05, 3.63) is 34.3 Å². The maximum absolute atomic E-state index is 3.44. The van der Waals surface area contributed by atoms with Crippen LogP contribution >= 0.6 is 15.9 Å². The van der Waals surface area contributed by atoms with Crippen molar-refractivity contribution in [3.8, 4) is 0 Å². The highest BCUT2D eigenvalue weighted by atomic mass is 79.9. The topological polar surface area (TPSA) is 3.24 Å². The normalized spacial score (nSPS) is 19.2. The SMILES string of the molecule is CN1CC(c2ccc(Br)cc2)C1. The number of nitrogens with zero attached hydrogens (tertiary/aromatic N) is 1. The molecular formula is C10H12BrN. The first-order valence-electron chi connectivity index (χ1n) is 4.20. The van der Waals surface area contributed by atoms with Gasteiger partial charge in [0.25, 0.3) is 0 Å². The van der Waals surface area contributed by atoms with Gasteiger partial charge in [-0.25, -0.2) is 0 Å². The number of rotatable bonds is 1. The van der Waals surface area contributed by atoms with Crippen molar-refractivity contribution in [3.63, 3.8) is 0 Å². The predicted octanol–water partition coefficient (Wildman–Crippen LogP) is 2.48. The lowest BCUT2D eigenvalue weighted by Gasteiger charge is -2.36.